The molecule has 1 aromatic rings. The Hall–Kier alpha value is -1.64. The van der Waals surface area contributed by atoms with Gasteiger partial charge in [0.05, 0.1) is 23.4 Å². The van der Waals surface area contributed by atoms with Crippen molar-refractivity contribution in [2.75, 3.05) is 18.0 Å². The molecule has 0 unspecified atom stereocenters. The summed E-state index contributed by atoms with van der Waals surface area (Å²) in [5.41, 5.74) is 3.55. The summed E-state index contributed by atoms with van der Waals surface area (Å²) in [5.74, 6) is 0.802. The molecule has 3 heterocycles. The number of hydrogen-bond acceptors (Lipinski definition) is 5. The summed E-state index contributed by atoms with van der Waals surface area (Å²) in [6, 6.07) is 2.36. The zero-order chi connectivity index (χ0) is 20.0. The SMILES string of the molecule is Cc1nc(N2CCC3(CC2)C[C@H](O)C[C@H](C(C)(C)C)O3)c(C#N)c(C)c1C. The van der Waals surface area contributed by atoms with Crippen molar-refractivity contribution in [1.29, 1.82) is 5.26 Å². The van der Waals surface area contributed by atoms with Crippen molar-refractivity contribution in [1.82, 2.24) is 4.98 Å². The summed E-state index contributed by atoms with van der Waals surface area (Å²) in [4.78, 5) is 6.97. The first kappa shape index (κ1) is 20.1. The Morgan fingerprint density at radius 3 is 2.37 bits per heavy atom. The highest BCUT2D eigenvalue weighted by Crippen LogP contribution is 2.43. The molecule has 148 valence electrons. The number of aromatic nitrogens is 1. The van der Waals surface area contributed by atoms with Crippen molar-refractivity contribution in [3.05, 3.63) is 22.4 Å². The van der Waals surface area contributed by atoms with E-state index in [4.69, 9.17) is 9.72 Å². The fourth-order valence-electron chi connectivity index (χ4n) is 4.42. The van der Waals surface area contributed by atoms with Gasteiger partial charge in [-0.05, 0) is 50.2 Å². The van der Waals surface area contributed by atoms with Crippen LogP contribution in [-0.2, 0) is 4.74 Å². The minimum Gasteiger partial charge on any atom is -0.393 e. The smallest absolute Gasteiger partial charge is 0.147 e. The van der Waals surface area contributed by atoms with E-state index in [1.807, 2.05) is 20.8 Å². The third-order valence-electron chi connectivity index (χ3n) is 6.52. The molecule has 2 saturated heterocycles. The molecule has 2 fully saturated rings. The molecule has 1 N–H and O–H groups in total. The number of rotatable bonds is 1. The van der Waals surface area contributed by atoms with Crippen LogP contribution < -0.4 is 4.90 Å². The normalized spacial score (nSPS) is 25.5. The van der Waals surface area contributed by atoms with Crippen molar-refractivity contribution in [3.63, 3.8) is 0 Å². The molecule has 3 rings (SSSR count). The second-order valence-corrected chi connectivity index (χ2v) is 9.49. The van der Waals surface area contributed by atoms with Crippen LogP contribution in [0.5, 0.6) is 0 Å². The van der Waals surface area contributed by atoms with Crippen LogP contribution in [0.2, 0.25) is 0 Å². The molecule has 0 amide bonds. The van der Waals surface area contributed by atoms with Gasteiger partial charge in [0.25, 0.3) is 0 Å². The molecule has 2 aliphatic heterocycles. The Kier molecular flexibility index (Phi) is 5.26. The van der Waals surface area contributed by atoms with E-state index in [0.717, 1.165) is 48.6 Å². The van der Waals surface area contributed by atoms with Gasteiger partial charge in [-0.2, -0.15) is 5.26 Å². The number of aryl methyl sites for hydroxylation is 1. The van der Waals surface area contributed by atoms with Crippen molar-refractivity contribution in [2.45, 2.75) is 85.0 Å². The maximum atomic E-state index is 10.5. The van der Waals surface area contributed by atoms with E-state index < -0.39 is 0 Å². The number of aliphatic hydroxyl groups excluding tert-OH is 1. The average molecular weight is 372 g/mol. The fraction of sp³-hybridized carbons (Fsp3) is 0.727. The van der Waals surface area contributed by atoms with E-state index in [9.17, 15) is 10.4 Å². The van der Waals surface area contributed by atoms with Crippen molar-refractivity contribution in [3.8, 4) is 6.07 Å². The van der Waals surface area contributed by atoms with Crippen LogP contribution in [-0.4, -0.2) is 41.0 Å². The molecule has 5 nitrogen and oxygen atoms in total. The van der Waals surface area contributed by atoms with E-state index in [0.29, 0.717) is 18.4 Å². The number of piperidine rings is 1. The maximum Gasteiger partial charge on any atom is 0.147 e. The monoisotopic (exact) mass is 371 g/mol. The molecule has 0 radical (unpaired) electrons. The molecule has 0 bridgehead atoms. The molecule has 2 aliphatic rings. The minimum atomic E-state index is -0.300. The number of aliphatic hydroxyl groups is 1. The Balaban J connectivity index is 1.81. The van der Waals surface area contributed by atoms with Gasteiger partial charge in [0.2, 0.25) is 0 Å². The van der Waals surface area contributed by atoms with Gasteiger partial charge in [-0.25, -0.2) is 4.98 Å². The summed E-state index contributed by atoms with van der Waals surface area (Å²) < 4.78 is 6.58. The molecule has 0 aliphatic carbocycles. The highest BCUT2D eigenvalue weighted by molar-refractivity contribution is 5.60. The second-order valence-electron chi connectivity index (χ2n) is 9.49. The average Bonchev–Trinajstić information content (AvgIpc) is 2.59. The van der Waals surface area contributed by atoms with Gasteiger partial charge in [0.1, 0.15) is 11.9 Å². The molecule has 27 heavy (non-hydrogen) atoms. The molecule has 0 aromatic carbocycles. The summed E-state index contributed by atoms with van der Waals surface area (Å²) >= 11 is 0. The lowest BCUT2D eigenvalue weighted by Crippen LogP contribution is -2.55. The predicted molar refractivity (Wildman–Crippen MR) is 107 cm³/mol. The predicted octanol–water partition coefficient (Wildman–Crippen LogP) is 3.80. The van der Waals surface area contributed by atoms with E-state index >= 15 is 0 Å². The topological polar surface area (TPSA) is 69.4 Å². The maximum absolute atomic E-state index is 10.5. The van der Waals surface area contributed by atoms with Gasteiger partial charge in [-0.1, -0.05) is 20.8 Å². The zero-order valence-corrected chi connectivity index (χ0v) is 17.6. The Morgan fingerprint density at radius 1 is 1.19 bits per heavy atom. The lowest BCUT2D eigenvalue weighted by Gasteiger charge is -2.51. The molecule has 1 aromatic heterocycles. The number of anilines is 1. The fourth-order valence-corrected chi connectivity index (χ4v) is 4.42. The van der Waals surface area contributed by atoms with Crippen LogP contribution in [0, 0.1) is 37.5 Å². The van der Waals surface area contributed by atoms with Crippen LogP contribution >= 0.6 is 0 Å². The van der Waals surface area contributed by atoms with E-state index in [2.05, 4.69) is 31.7 Å². The van der Waals surface area contributed by atoms with Crippen molar-refractivity contribution in [2.24, 2.45) is 5.41 Å². The first-order chi connectivity index (χ1) is 12.6. The number of pyridine rings is 1. The minimum absolute atomic E-state index is 0.0201. The number of ether oxygens (including phenoxy) is 1. The first-order valence-corrected chi connectivity index (χ1v) is 10.0. The molecule has 0 saturated carbocycles. The highest BCUT2D eigenvalue weighted by Gasteiger charge is 2.46. The van der Waals surface area contributed by atoms with Gasteiger partial charge < -0.3 is 14.7 Å². The second kappa shape index (κ2) is 7.07. The lowest BCUT2D eigenvalue weighted by atomic mass is 9.76. The molecular formula is C22H33N3O2. The van der Waals surface area contributed by atoms with Crippen molar-refractivity contribution < 1.29 is 9.84 Å². The van der Waals surface area contributed by atoms with Crippen LogP contribution in [0.25, 0.3) is 0 Å². The number of nitrogens with zero attached hydrogens (tertiary/aromatic N) is 3. The Morgan fingerprint density at radius 2 is 1.81 bits per heavy atom. The molecule has 2 atom stereocenters. The third-order valence-corrected chi connectivity index (χ3v) is 6.52. The summed E-state index contributed by atoms with van der Waals surface area (Å²) in [7, 11) is 0. The molecule has 1 spiro atoms. The van der Waals surface area contributed by atoms with Crippen LogP contribution in [0.1, 0.15) is 68.8 Å². The van der Waals surface area contributed by atoms with Crippen LogP contribution in [0.15, 0.2) is 0 Å². The first-order valence-electron chi connectivity index (χ1n) is 10.0. The van der Waals surface area contributed by atoms with E-state index in [-0.39, 0.29) is 23.2 Å². The Bertz CT molecular complexity index is 752. The van der Waals surface area contributed by atoms with Crippen LogP contribution in [0.3, 0.4) is 0 Å². The van der Waals surface area contributed by atoms with Gasteiger partial charge in [-0.15, -0.1) is 0 Å². The summed E-state index contributed by atoms with van der Waals surface area (Å²) in [6.07, 6.45) is 2.91. The van der Waals surface area contributed by atoms with E-state index in [1.54, 1.807) is 0 Å². The lowest BCUT2D eigenvalue weighted by molar-refractivity contribution is -0.199. The van der Waals surface area contributed by atoms with Gasteiger partial charge >= 0.3 is 0 Å². The standard InChI is InChI=1S/C22H33N3O2/c1-14-15(2)18(13-23)20(24-16(14)3)25-9-7-22(8-10-25)12-17(26)11-19(27-22)21(4,5)6/h17,19,26H,7-12H2,1-6H3/t17-,19-/m1/s1. The summed E-state index contributed by atoms with van der Waals surface area (Å²) in [6.45, 7) is 14.2. The quantitative estimate of drug-likeness (QED) is 0.813. The largest absolute Gasteiger partial charge is 0.393 e. The molecule has 5 heteroatoms. The highest BCUT2D eigenvalue weighted by atomic mass is 16.5. The number of nitriles is 1. The van der Waals surface area contributed by atoms with E-state index in [1.165, 1.54) is 0 Å². The van der Waals surface area contributed by atoms with Crippen molar-refractivity contribution >= 4 is 5.82 Å². The third kappa shape index (κ3) is 3.83. The van der Waals surface area contributed by atoms with Gasteiger partial charge in [0.15, 0.2) is 0 Å². The Labute approximate surface area is 163 Å². The summed E-state index contributed by atoms with van der Waals surface area (Å²) in [5, 5.41) is 20.2. The van der Waals surface area contributed by atoms with Crippen LogP contribution in [0.4, 0.5) is 5.82 Å². The van der Waals surface area contributed by atoms with Gasteiger partial charge in [-0.3, -0.25) is 0 Å². The zero-order valence-electron chi connectivity index (χ0n) is 17.6. The number of hydrogen-bond donors (Lipinski definition) is 1. The van der Waals surface area contributed by atoms with Gasteiger partial charge in [0, 0.05) is 31.6 Å². The molecular weight excluding hydrogens is 338 g/mol.